The topological polar surface area (TPSA) is 141 Å². The van der Waals surface area contributed by atoms with Crippen LogP contribution in [0.4, 0.5) is 15.8 Å². The number of nitrogens with two attached hydrogens (primary N) is 2. The lowest BCUT2D eigenvalue weighted by Gasteiger charge is -2.30. The van der Waals surface area contributed by atoms with Crippen molar-refractivity contribution in [3.8, 4) is 0 Å². The maximum atomic E-state index is 13.8. The third-order valence-corrected chi connectivity index (χ3v) is 7.10. The third-order valence-electron chi connectivity index (χ3n) is 5.33. The number of nitrogens with one attached hydrogen (secondary N) is 1. The zero-order chi connectivity index (χ0) is 24.2. The van der Waals surface area contributed by atoms with E-state index in [4.69, 9.17) is 16.2 Å². The molecule has 5 N–H and O–H groups in total. The molecule has 9 nitrogen and oxygen atoms in total. The molecular weight excluding hydrogens is 481 g/mol. The molecule has 3 aromatic rings. The third kappa shape index (κ3) is 4.93. The monoisotopic (exact) mass is 503 g/mol. The highest BCUT2D eigenvalue weighted by Gasteiger charge is 2.37. The number of primary amides is 1. The summed E-state index contributed by atoms with van der Waals surface area (Å²) in [7, 11) is 0. The second-order valence-corrected chi connectivity index (χ2v) is 9.34. The number of amides is 3. The first kappa shape index (κ1) is 23.8. The van der Waals surface area contributed by atoms with Crippen molar-refractivity contribution in [2.24, 2.45) is 5.73 Å². The molecular formula is C22H22FN5O4S2. The maximum Gasteiger partial charge on any atom is 0.273 e. The lowest BCUT2D eigenvalue weighted by atomic mass is 10.1. The number of nitrogen functional groups attached to an aromatic ring is 1. The Kier molecular flexibility index (Phi) is 7.20. The van der Waals surface area contributed by atoms with E-state index in [1.807, 2.05) is 0 Å². The minimum absolute atomic E-state index is 0.0494. The van der Waals surface area contributed by atoms with Crippen molar-refractivity contribution in [2.75, 3.05) is 23.8 Å². The Balaban J connectivity index is 1.75. The van der Waals surface area contributed by atoms with Crippen LogP contribution in [-0.2, 0) is 9.53 Å². The lowest BCUT2D eigenvalue weighted by Crippen LogP contribution is -2.45. The molecule has 1 aliphatic rings. The summed E-state index contributed by atoms with van der Waals surface area (Å²) < 4.78 is 23.2. The van der Waals surface area contributed by atoms with E-state index < -0.39 is 29.6 Å². The number of carbonyl (C=O) groups is 3. The van der Waals surface area contributed by atoms with Crippen LogP contribution in [-0.4, -0.2) is 41.4 Å². The van der Waals surface area contributed by atoms with E-state index in [1.165, 1.54) is 40.5 Å². The van der Waals surface area contributed by atoms with Gasteiger partial charge in [-0.3, -0.25) is 19.3 Å². The van der Waals surface area contributed by atoms with E-state index >= 15 is 0 Å². The van der Waals surface area contributed by atoms with Crippen LogP contribution in [0.15, 0.2) is 41.8 Å². The van der Waals surface area contributed by atoms with Crippen LogP contribution in [0, 0.1) is 5.82 Å². The highest BCUT2D eigenvalue weighted by Crippen LogP contribution is 2.34. The minimum Gasteiger partial charge on any atom is -0.395 e. The summed E-state index contributed by atoms with van der Waals surface area (Å²) in [5, 5.41) is 4.66. The highest BCUT2D eigenvalue weighted by molar-refractivity contribution is 7.10. The SMILES string of the molecule is NC(=O)c1nsc(C(=O)N(c2ccc(F)cc2)C(C(=O)NCC2CCCO2)c2cccs2)c1N. The molecule has 3 heterocycles. The van der Waals surface area contributed by atoms with Crippen LogP contribution >= 0.6 is 22.9 Å². The van der Waals surface area contributed by atoms with Gasteiger partial charge in [-0.1, -0.05) is 6.07 Å². The minimum atomic E-state index is -1.09. The van der Waals surface area contributed by atoms with E-state index in [9.17, 15) is 18.8 Å². The fourth-order valence-electron chi connectivity index (χ4n) is 3.66. The van der Waals surface area contributed by atoms with Crippen LogP contribution in [0.3, 0.4) is 0 Å². The molecule has 2 atom stereocenters. The quantitative estimate of drug-likeness (QED) is 0.432. The molecule has 0 bridgehead atoms. The van der Waals surface area contributed by atoms with Gasteiger partial charge in [0.25, 0.3) is 11.8 Å². The van der Waals surface area contributed by atoms with Gasteiger partial charge in [-0.25, -0.2) is 4.39 Å². The Bertz CT molecular complexity index is 1180. The van der Waals surface area contributed by atoms with Crippen molar-refractivity contribution < 1.29 is 23.5 Å². The van der Waals surface area contributed by atoms with E-state index in [1.54, 1.807) is 17.5 Å². The largest absolute Gasteiger partial charge is 0.395 e. The summed E-state index contributed by atoms with van der Waals surface area (Å²) in [5.41, 5.74) is 11.2. The summed E-state index contributed by atoms with van der Waals surface area (Å²) in [6.45, 7) is 0.933. The predicted octanol–water partition coefficient (Wildman–Crippen LogP) is 2.71. The van der Waals surface area contributed by atoms with Gasteiger partial charge in [0.2, 0.25) is 5.91 Å². The Morgan fingerprint density at radius 1 is 1.26 bits per heavy atom. The fraction of sp³-hybridized carbons (Fsp3) is 0.273. The number of aromatic nitrogens is 1. The summed E-state index contributed by atoms with van der Waals surface area (Å²) >= 11 is 2.00. The molecule has 2 unspecified atom stereocenters. The Morgan fingerprint density at radius 2 is 2.03 bits per heavy atom. The Hall–Kier alpha value is -3.35. The van der Waals surface area contributed by atoms with Crippen molar-refractivity contribution in [1.29, 1.82) is 0 Å². The van der Waals surface area contributed by atoms with Crippen molar-refractivity contribution in [3.63, 3.8) is 0 Å². The number of carbonyl (C=O) groups excluding carboxylic acids is 3. The summed E-state index contributed by atoms with van der Waals surface area (Å²) in [6, 6.07) is 7.58. The van der Waals surface area contributed by atoms with Crippen molar-refractivity contribution in [3.05, 3.63) is 63.0 Å². The second kappa shape index (κ2) is 10.3. The van der Waals surface area contributed by atoms with E-state index in [-0.39, 0.29) is 28.0 Å². The molecule has 1 saturated heterocycles. The van der Waals surface area contributed by atoms with Gasteiger partial charge in [0.05, 0.1) is 11.8 Å². The molecule has 1 aromatic carbocycles. The first-order chi connectivity index (χ1) is 16.4. The van der Waals surface area contributed by atoms with Gasteiger partial charge in [0.15, 0.2) is 11.7 Å². The number of benzene rings is 1. The molecule has 1 aliphatic heterocycles. The standard InChI is InChI=1S/C22H22FN5O4S2/c23-12-5-7-13(8-6-12)28(22(31)19-16(24)17(20(25)29)27-34-19)18(15-4-2-10-33-15)21(30)26-11-14-3-1-9-32-14/h2,4-8,10,14,18H,1,3,9,11,24H2,(H2,25,29)(H,26,30). The number of halogens is 1. The van der Waals surface area contributed by atoms with Crippen molar-refractivity contribution in [2.45, 2.75) is 25.0 Å². The van der Waals surface area contributed by atoms with Gasteiger partial charge in [-0.2, -0.15) is 4.37 Å². The number of anilines is 2. The molecule has 0 saturated carbocycles. The first-order valence-corrected chi connectivity index (χ1v) is 12.1. The highest BCUT2D eigenvalue weighted by atomic mass is 32.1. The van der Waals surface area contributed by atoms with E-state index in [0.29, 0.717) is 29.6 Å². The lowest BCUT2D eigenvalue weighted by molar-refractivity contribution is -0.122. The average Bonchev–Trinajstić information content (AvgIpc) is 3.58. The van der Waals surface area contributed by atoms with Crippen LogP contribution in [0.25, 0.3) is 0 Å². The fourth-order valence-corrected chi connectivity index (χ4v) is 5.22. The maximum absolute atomic E-state index is 13.8. The van der Waals surface area contributed by atoms with Gasteiger partial charge in [0, 0.05) is 23.7 Å². The van der Waals surface area contributed by atoms with Crippen LogP contribution in [0.5, 0.6) is 0 Å². The first-order valence-electron chi connectivity index (χ1n) is 10.4. The molecule has 0 radical (unpaired) electrons. The number of nitrogens with zero attached hydrogens (tertiary/aromatic N) is 2. The van der Waals surface area contributed by atoms with Crippen LogP contribution in [0.1, 0.15) is 43.9 Å². The number of thiophene rings is 1. The Labute approximate surface area is 202 Å². The van der Waals surface area contributed by atoms with E-state index in [2.05, 4.69) is 9.69 Å². The van der Waals surface area contributed by atoms with Gasteiger partial charge < -0.3 is 21.5 Å². The molecule has 3 amide bonds. The van der Waals surface area contributed by atoms with Crippen molar-refractivity contribution in [1.82, 2.24) is 9.69 Å². The molecule has 12 heteroatoms. The smallest absolute Gasteiger partial charge is 0.273 e. The van der Waals surface area contributed by atoms with E-state index in [0.717, 1.165) is 12.8 Å². The zero-order valence-corrected chi connectivity index (χ0v) is 19.5. The molecule has 34 heavy (non-hydrogen) atoms. The van der Waals surface area contributed by atoms with Gasteiger partial charge in [-0.05, 0) is 60.1 Å². The van der Waals surface area contributed by atoms with Gasteiger partial charge in [-0.15, -0.1) is 11.3 Å². The number of rotatable bonds is 8. The summed E-state index contributed by atoms with van der Waals surface area (Å²) in [5.74, 6) is -2.47. The summed E-state index contributed by atoms with van der Waals surface area (Å²) in [4.78, 5) is 40.6. The van der Waals surface area contributed by atoms with Crippen LogP contribution in [0.2, 0.25) is 0 Å². The predicted molar refractivity (Wildman–Crippen MR) is 127 cm³/mol. The molecule has 0 aliphatic carbocycles. The number of ether oxygens (including phenoxy) is 1. The average molecular weight is 504 g/mol. The summed E-state index contributed by atoms with van der Waals surface area (Å²) in [6.07, 6.45) is 1.65. The van der Waals surface area contributed by atoms with Gasteiger partial charge in [0.1, 0.15) is 10.7 Å². The number of hydrogen-bond acceptors (Lipinski definition) is 8. The number of hydrogen-bond donors (Lipinski definition) is 3. The second-order valence-electron chi connectivity index (χ2n) is 7.59. The van der Waals surface area contributed by atoms with Gasteiger partial charge >= 0.3 is 0 Å². The Morgan fingerprint density at radius 3 is 2.62 bits per heavy atom. The molecule has 1 fully saturated rings. The van der Waals surface area contributed by atoms with Crippen LogP contribution < -0.4 is 21.7 Å². The molecule has 4 rings (SSSR count). The molecule has 2 aromatic heterocycles. The normalized spacial score (nSPS) is 16.2. The molecule has 178 valence electrons. The van der Waals surface area contributed by atoms with Crippen molar-refractivity contribution >= 4 is 52.0 Å². The molecule has 0 spiro atoms. The zero-order valence-electron chi connectivity index (χ0n) is 17.9.